The lowest BCUT2D eigenvalue weighted by Gasteiger charge is -2.51. The molecule has 3 nitrogen and oxygen atoms in total. The molecule has 16 rings (SSSR count). The maximum atomic E-state index is 2.89. The quantitative estimate of drug-likeness (QED) is 0.163. The van der Waals surface area contributed by atoms with Gasteiger partial charge in [0, 0.05) is 60.1 Å². The summed E-state index contributed by atoms with van der Waals surface area (Å²) in [6.07, 6.45) is 15.8. The van der Waals surface area contributed by atoms with Gasteiger partial charge in [0.15, 0.2) is 0 Å². The molecule has 2 saturated carbocycles. The van der Waals surface area contributed by atoms with Crippen LogP contribution in [0, 0.1) is 0 Å². The molecule has 6 aromatic carbocycles. The molecule has 6 aliphatic carbocycles. The lowest BCUT2D eigenvalue weighted by molar-refractivity contribution is 0.195. The number of benzene rings is 6. The van der Waals surface area contributed by atoms with E-state index in [4.69, 9.17) is 0 Å². The number of nitrogens with zero attached hydrogens (tertiary/aromatic N) is 3. The van der Waals surface area contributed by atoms with Crippen molar-refractivity contribution in [3.05, 3.63) is 147 Å². The lowest BCUT2D eigenvalue weighted by atomic mass is 9.35. The Morgan fingerprint density at radius 3 is 1.49 bits per heavy atom. The highest BCUT2D eigenvalue weighted by molar-refractivity contribution is 7.33. The minimum absolute atomic E-state index is 0.0118. The molecule has 3 aliphatic heterocycles. The number of fused-ring (bicyclic) bond motifs is 17. The van der Waals surface area contributed by atoms with Crippen LogP contribution in [0.1, 0.15) is 244 Å². The molecular weight excluding hydrogens is 1010 g/mol. The van der Waals surface area contributed by atoms with Gasteiger partial charge in [-0.1, -0.05) is 153 Å². The van der Waals surface area contributed by atoms with Crippen LogP contribution in [0.15, 0.2) is 97.1 Å². The van der Waals surface area contributed by atoms with Gasteiger partial charge in [-0.2, -0.15) is 0 Å². The molecule has 0 saturated heterocycles. The van der Waals surface area contributed by atoms with E-state index in [0.29, 0.717) is 0 Å². The molecule has 1 aromatic heterocycles. The highest BCUT2D eigenvalue weighted by Crippen LogP contribution is 2.65. The first-order valence-electron chi connectivity index (χ1n) is 32.3. The second kappa shape index (κ2) is 16.0. The third kappa shape index (κ3) is 6.62. The van der Waals surface area contributed by atoms with Gasteiger partial charge in [-0.25, -0.2) is 0 Å². The van der Waals surface area contributed by atoms with Crippen LogP contribution in [0.5, 0.6) is 0 Å². The summed E-state index contributed by atoms with van der Waals surface area (Å²) in [6, 6.07) is 41.7. The van der Waals surface area contributed by atoms with Crippen LogP contribution < -0.4 is 30.4 Å². The summed E-state index contributed by atoms with van der Waals surface area (Å²) in [6.45, 7) is 40.7. The summed E-state index contributed by atoms with van der Waals surface area (Å²) in [5.74, 6) is 0. The van der Waals surface area contributed by atoms with Crippen molar-refractivity contribution < 1.29 is 0 Å². The average Bonchev–Trinajstić information content (AvgIpc) is 1.45. The molecule has 4 unspecified atom stereocenters. The van der Waals surface area contributed by atoms with E-state index in [1.54, 1.807) is 16.7 Å². The van der Waals surface area contributed by atoms with E-state index >= 15 is 0 Å². The highest BCUT2D eigenvalue weighted by Gasteiger charge is 2.59. The van der Waals surface area contributed by atoms with Crippen LogP contribution in [0.2, 0.25) is 0 Å². The topological polar surface area (TPSA) is 9.72 Å². The first-order chi connectivity index (χ1) is 38.5. The maximum Gasteiger partial charge on any atom is 0.264 e. The fraction of sp³-hybridized carbons (Fsp3) is 0.506. The average molecular weight is 1100 g/mol. The summed E-state index contributed by atoms with van der Waals surface area (Å²) in [7, 11) is 0. The Balaban J connectivity index is 1.07. The second-order valence-corrected chi connectivity index (χ2v) is 34.5. The van der Waals surface area contributed by atoms with Gasteiger partial charge in [-0.3, -0.25) is 0 Å². The predicted octanol–water partition coefficient (Wildman–Crippen LogP) is 19.5. The summed E-state index contributed by atoms with van der Waals surface area (Å²) in [4.78, 5) is 8.59. The van der Waals surface area contributed by atoms with Gasteiger partial charge in [0.25, 0.3) is 6.71 Å². The molecule has 4 atom stereocenters. The lowest BCUT2D eigenvalue weighted by Crippen LogP contribution is -2.61. The van der Waals surface area contributed by atoms with E-state index in [0.717, 1.165) is 6.42 Å². The van der Waals surface area contributed by atoms with Crippen LogP contribution >= 0.6 is 11.3 Å². The highest BCUT2D eigenvalue weighted by atomic mass is 32.1. The molecule has 2 fully saturated rings. The van der Waals surface area contributed by atoms with Crippen molar-refractivity contribution in [2.45, 2.75) is 249 Å². The van der Waals surface area contributed by atoms with Crippen LogP contribution in [0.25, 0.3) is 10.1 Å². The van der Waals surface area contributed by atoms with E-state index < -0.39 is 0 Å². The molecule has 0 radical (unpaired) electrons. The van der Waals surface area contributed by atoms with E-state index in [1.807, 2.05) is 0 Å². The van der Waals surface area contributed by atoms with Crippen LogP contribution in [0.3, 0.4) is 0 Å². The third-order valence-electron chi connectivity index (χ3n) is 25.5. The number of anilines is 8. The number of hydrogen-bond acceptors (Lipinski definition) is 4. The number of hydrogen-bond donors (Lipinski definition) is 0. The summed E-state index contributed by atoms with van der Waals surface area (Å²) in [5, 5.41) is 1.45. The first-order valence-corrected chi connectivity index (χ1v) is 33.1. The smallest absolute Gasteiger partial charge is 0.264 e. The Morgan fingerprint density at radius 2 is 0.890 bits per heavy atom. The monoisotopic (exact) mass is 1100 g/mol. The molecule has 0 amide bonds. The molecule has 82 heavy (non-hydrogen) atoms. The largest absolute Gasteiger partial charge is 0.334 e. The third-order valence-corrected chi connectivity index (χ3v) is 26.7. The van der Waals surface area contributed by atoms with Crippen molar-refractivity contribution in [1.29, 1.82) is 0 Å². The standard InChI is InChI=1S/C77H90BN3S/c1-68(2)29-31-70(5,6)53-37-46(23-25-50(53)68)79-61-43-56-55(72(9,10)33-34-73(56,11)12)42-59(61)78-65-62(79)39-48(81-60-22-18-17-21-52(60)76(15)27-19-20-28-77(76,81)16)40-63(65)80(47-24-26-51-54(38-47)71(7,8)32-30-69(51,3)4)66-49-41-57-58(44-64(49)82-67(66)78)75(14)36-35-74(57,13)45-75/h17-18,21-26,37-44H,19-20,27-36,45H2,1-16H3. The van der Waals surface area contributed by atoms with Crippen LogP contribution in [-0.2, 0) is 48.7 Å². The van der Waals surface area contributed by atoms with E-state index in [9.17, 15) is 0 Å². The summed E-state index contributed by atoms with van der Waals surface area (Å²) < 4.78 is 2.97. The number of para-hydroxylation sites is 1. The Hall–Kier alpha value is -5.26. The Kier molecular flexibility index (Phi) is 10.2. The predicted molar refractivity (Wildman–Crippen MR) is 353 cm³/mol. The maximum absolute atomic E-state index is 2.89. The molecule has 2 bridgehead atoms. The van der Waals surface area contributed by atoms with E-state index in [-0.39, 0.29) is 61.0 Å². The van der Waals surface area contributed by atoms with E-state index in [1.165, 1.54) is 182 Å². The fourth-order valence-electron chi connectivity index (χ4n) is 19.8. The van der Waals surface area contributed by atoms with Crippen molar-refractivity contribution in [1.82, 2.24) is 0 Å². The molecule has 9 aliphatic rings. The van der Waals surface area contributed by atoms with Crippen molar-refractivity contribution in [2.24, 2.45) is 0 Å². The van der Waals surface area contributed by atoms with Gasteiger partial charge < -0.3 is 14.7 Å². The Bertz CT molecular complexity index is 3990. The van der Waals surface area contributed by atoms with Gasteiger partial charge in [0.05, 0.1) is 11.2 Å². The van der Waals surface area contributed by atoms with Crippen molar-refractivity contribution in [3.63, 3.8) is 0 Å². The van der Waals surface area contributed by atoms with Crippen molar-refractivity contribution in [3.8, 4) is 0 Å². The summed E-state index contributed by atoms with van der Waals surface area (Å²) >= 11 is 2.14. The van der Waals surface area contributed by atoms with Gasteiger partial charge in [0.2, 0.25) is 0 Å². The molecule has 5 heteroatoms. The van der Waals surface area contributed by atoms with Gasteiger partial charge in [0.1, 0.15) is 0 Å². The van der Waals surface area contributed by atoms with Crippen LogP contribution in [0.4, 0.5) is 45.5 Å². The number of rotatable bonds is 3. The van der Waals surface area contributed by atoms with Crippen molar-refractivity contribution >= 4 is 89.3 Å². The summed E-state index contributed by atoms with van der Waals surface area (Å²) in [5.41, 5.74) is 28.4. The fourth-order valence-corrected chi connectivity index (χ4v) is 21.2. The van der Waals surface area contributed by atoms with Gasteiger partial charge in [-0.15, -0.1) is 11.3 Å². The zero-order valence-electron chi connectivity index (χ0n) is 52.8. The SMILES string of the molecule is CC1(C)CCC(C)(C)c2cc(N3c4cc5c(cc4B4c6sc7cc8c(cc7c6N(c6ccc7c(c6)C(C)(C)CCC7(C)C)c6cc(N7c9ccccc9C9(C)CCCCC79C)cc3c64)C3(C)CCC8(C)C3)C(C)(C)CCC5(C)C)ccc21. The van der Waals surface area contributed by atoms with Gasteiger partial charge >= 0.3 is 0 Å². The minimum Gasteiger partial charge on any atom is -0.334 e. The molecule has 4 heterocycles. The first kappa shape index (κ1) is 52.3. The molecular formula is C77H90BN3S. The second-order valence-electron chi connectivity index (χ2n) is 33.4. The van der Waals surface area contributed by atoms with Gasteiger partial charge in [-0.05, 0) is 243 Å². The zero-order chi connectivity index (χ0) is 57.2. The van der Waals surface area contributed by atoms with E-state index in [2.05, 4.69) is 234 Å². The minimum atomic E-state index is -0.116. The Morgan fingerprint density at radius 1 is 0.390 bits per heavy atom. The van der Waals surface area contributed by atoms with Crippen molar-refractivity contribution in [2.75, 3.05) is 14.7 Å². The normalized spacial score (nSPS) is 29.0. The van der Waals surface area contributed by atoms with Crippen LogP contribution in [-0.4, -0.2) is 12.3 Å². The molecule has 0 spiro atoms. The molecule has 422 valence electrons. The zero-order valence-corrected chi connectivity index (χ0v) is 53.6. The molecule has 7 aromatic rings. The molecule has 0 N–H and O–H groups in total. The Labute approximate surface area is 496 Å². The number of thiophene rings is 1.